The van der Waals surface area contributed by atoms with Gasteiger partial charge in [0.15, 0.2) is 0 Å². The van der Waals surface area contributed by atoms with Crippen LogP contribution < -0.4 is 5.32 Å². The maximum absolute atomic E-state index is 11.6. The fourth-order valence-corrected chi connectivity index (χ4v) is 1.88. The first-order valence-electron chi connectivity index (χ1n) is 7.35. The molecule has 0 radical (unpaired) electrons. The molecule has 5 nitrogen and oxygen atoms in total. The van der Waals surface area contributed by atoms with Crippen molar-refractivity contribution in [1.82, 2.24) is 15.5 Å². The molecule has 112 valence electrons. The van der Waals surface area contributed by atoms with Crippen LogP contribution in [0.1, 0.15) is 37.6 Å². The fraction of sp³-hybridized carbons (Fsp3) is 0.438. The van der Waals surface area contributed by atoms with Gasteiger partial charge in [0.25, 0.3) is 0 Å². The molecule has 1 aromatic carbocycles. The Morgan fingerprint density at radius 1 is 1.24 bits per heavy atom. The van der Waals surface area contributed by atoms with Crippen LogP contribution in [0.15, 0.2) is 28.7 Å². The molecule has 1 aromatic heterocycles. The minimum atomic E-state index is 0.0264. The van der Waals surface area contributed by atoms with Crippen LogP contribution in [0.25, 0.3) is 11.5 Å². The van der Waals surface area contributed by atoms with E-state index in [1.54, 1.807) is 0 Å². The summed E-state index contributed by atoms with van der Waals surface area (Å²) in [5.41, 5.74) is 2.08. The number of rotatable bonds is 7. The molecule has 0 aliphatic carbocycles. The molecule has 0 aliphatic heterocycles. The Balaban J connectivity index is 1.86. The zero-order valence-corrected chi connectivity index (χ0v) is 12.6. The highest BCUT2D eigenvalue weighted by atomic mass is 16.4. The van der Waals surface area contributed by atoms with Crippen molar-refractivity contribution in [1.29, 1.82) is 0 Å². The second-order valence-corrected chi connectivity index (χ2v) is 5.07. The van der Waals surface area contributed by atoms with E-state index in [9.17, 15) is 4.79 Å². The molecule has 21 heavy (non-hydrogen) atoms. The number of hydrogen-bond donors (Lipinski definition) is 1. The maximum Gasteiger partial charge on any atom is 0.247 e. The predicted octanol–water partition coefficient (Wildman–Crippen LogP) is 2.89. The van der Waals surface area contributed by atoms with Crippen LogP contribution >= 0.6 is 0 Å². The van der Waals surface area contributed by atoms with E-state index in [-0.39, 0.29) is 5.91 Å². The van der Waals surface area contributed by atoms with Crippen LogP contribution in [0.3, 0.4) is 0 Å². The first-order valence-corrected chi connectivity index (χ1v) is 7.35. The number of carbonyl (C=O) groups excluding carboxylic acids is 1. The van der Waals surface area contributed by atoms with E-state index in [2.05, 4.69) is 22.4 Å². The summed E-state index contributed by atoms with van der Waals surface area (Å²) in [5.74, 6) is 1.02. The zero-order valence-electron chi connectivity index (χ0n) is 12.6. The van der Waals surface area contributed by atoms with Gasteiger partial charge in [-0.3, -0.25) is 4.79 Å². The molecule has 1 amide bonds. The van der Waals surface area contributed by atoms with Gasteiger partial charge in [0.2, 0.25) is 17.7 Å². The van der Waals surface area contributed by atoms with Crippen molar-refractivity contribution in [2.24, 2.45) is 0 Å². The van der Waals surface area contributed by atoms with Gasteiger partial charge < -0.3 is 9.73 Å². The van der Waals surface area contributed by atoms with E-state index in [1.165, 1.54) is 5.56 Å². The van der Waals surface area contributed by atoms with E-state index in [4.69, 9.17) is 4.42 Å². The summed E-state index contributed by atoms with van der Waals surface area (Å²) in [6.07, 6.45) is 2.92. The van der Waals surface area contributed by atoms with Gasteiger partial charge in [0.05, 0.1) is 0 Å². The number of nitrogens with one attached hydrogen (secondary N) is 1. The number of unbranched alkanes of at least 4 members (excludes halogenated alkanes) is 1. The van der Waals surface area contributed by atoms with Gasteiger partial charge in [-0.1, -0.05) is 31.0 Å². The standard InChI is InChI=1S/C16H21N3O2/c1-3-4-11-17-14(20)9-10-15-18-19-16(21-15)13-7-5-12(2)6-8-13/h5-8H,3-4,9-11H2,1-2H3,(H,17,20). The average molecular weight is 287 g/mol. The van der Waals surface area contributed by atoms with E-state index in [0.717, 1.165) is 24.9 Å². The zero-order chi connectivity index (χ0) is 15.1. The molecule has 0 bridgehead atoms. The largest absolute Gasteiger partial charge is 0.421 e. The third-order valence-corrected chi connectivity index (χ3v) is 3.18. The van der Waals surface area contributed by atoms with Crippen molar-refractivity contribution < 1.29 is 9.21 Å². The Kier molecular flexibility index (Phi) is 5.49. The van der Waals surface area contributed by atoms with Crippen molar-refractivity contribution in [3.05, 3.63) is 35.7 Å². The Bertz CT molecular complexity index is 575. The van der Waals surface area contributed by atoms with Crippen molar-refractivity contribution >= 4 is 5.91 Å². The highest BCUT2D eigenvalue weighted by Crippen LogP contribution is 2.18. The Morgan fingerprint density at radius 2 is 2.00 bits per heavy atom. The summed E-state index contributed by atoms with van der Waals surface area (Å²) in [4.78, 5) is 11.6. The molecule has 0 saturated heterocycles. The van der Waals surface area contributed by atoms with Crippen LogP contribution in [0.5, 0.6) is 0 Å². The van der Waals surface area contributed by atoms with Crippen LogP contribution in [-0.4, -0.2) is 22.6 Å². The second kappa shape index (κ2) is 7.57. The monoisotopic (exact) mass is 287 g/mol. The molecule has 2 aromatic rings. The summed E-state index contributed by atoms with van der Waals surface area (Å²) >= 11 is 0. The van der Waals surface area contributed by atoms with Gasteiger partial charge in [0, 0.05) is 24.9 Å². The number of hydrogen-bond acceptors (Lipinski definition) is 4. The number of benzene rings is 1. The molecule has 0 saturated carbocycles. The summed E-state index contributed by atoms with van der Waals surface area (Å²) < 4.78 is 5.58. The summed E-state index contributed by atoms with van der Waals surface area (Å²) in [6, 6.07) is 7.90. The molecule has 5 heteroatoms. The fourth-order valence-electron chi connectivity index (χ4n) is 1.88. The molecule has 1 heterocycles. The number of aryl methyl sites for hydroxylation is 2. The highest BCUT2D eigenvalue weighted by Gasteiger charge is 2.10. The van der Waals surface area contributed by atoms with Gasteiger partial charge >= 0.3 is 0 Å². The third-order valence-electron chi connectivity index (χ3n) is 3.18. The minimum Gasteiger partial charge on any atom is -0.421 e. The first kappa shape index (κ1) is 15.2. The first-order chi connectivity index (χ1) is 10.2. The molecular weight excluding hydrogens is 266 g/mol. The average Bonchev–Trinajstić information content (AvgIpc) is 2.95. The summed E-state index contributed by atoms with van der Waals surface area (Å²) in [5, 5.41) is 10.9. The van der Waals surface area contributed by atoms with Crippen LogP contribution in [0, 0.1) is 6.92 Å². The van der Waals surface area contributed by atoms with Crippen molar-refractivity contribution in [2.45, 2.75) is 39.5 Å². The van der Waals surface area contributed by atoms with Crippen molar-refractivity contribution in [3.63, 3.8) is 0 Å². The number of carbonyl (C=O) groups is 1. The Hall–Kier alpha value is -2.17. The van der Waals surface area contributed by atoms with Gasteiger partial charge in [0.1, 0.15) is 0 Å². The Morgan fingerprint density at radius 3 is 2.71 bits per heavy atom. The van der Waals surface area contributed by atoms with E-state index in [1.807, 2.05) is 31.2 Å². The topological polar surface area (TPSA) is 68.0 Å². The number of amides is 1. The lowest BCUT2D eigenvalue weighted by molar-refractivity contribution is -0.121. The van der Waals surface area contributed by atoms with Crippen molar-refractivity contribution in [2.75, 3.05) is 6.54 Å². The van der Waals surface area contributed by atoms with Crippen LogP contribution in [0.2, 0.25) is 0 Å². The molecule has 2 rings (SSSR count). The molecule has 0 atom stereocenters. The van der Waals surface area contributed by atoms with Gasteiger partial charge in [-0.15, -0.1) is 10.2 Å². The van der Waals surface area contributed by atoms with Gasteiger partial charge in [-0.25, -0.2) is 0 Å². The lowest BCUT2D eigenvalue weighted by Crippen LogP contribution is -2.24. The molecule has 0 unspecified atom stereocenters. The SMILES string of the molecule is CCCCNC(=O)CCc1nnc(-c2ccc(C)cc2)o1. The molecule has 0 spiro atoms. The molecule has 1 N–H and O–H groups in total. The van der Waals surface area contributed by atoms with Crippen molar-refractivity contribution in [3.8, 4) is 11.5 Å². The second-order valence-electron chi connectivity index (χ2n) is 5.07. The quantitative estimate of drug-likeness (QED) is 0.795. The number of nitrogens with zero attached hydrogens (tertiary/aromatic N) is 2. The lowest BCUT2D eigenvalue weighted by atomic mass is 10.1. The summed E-state index contributed by atoms with van der Waals surface area (Å²) in [7, 11) is 0. The third kappa shape index (κ3) is 4.70. The predicted molar refractivity (Wildman–Crippen MR) is 80.7 cm³/mol. The molecule has 0 aliphatic rings. The van der Waals surface area contributed by atoms with Crippen LogP contribution in [-0.2, 0) is 11.2 Å². The number of aromatic nitrogens is 2. The molecule has 0 fully saturated rings. The lowest BCUT2D eigenvalue weighted by Gasteiger charge is -2.02. The summed E-state index contributed by atoms with van der Waals surface area (Å²) in [6.45, 7) is 4.85. The molecular formula is C16H21N3O2. The maximum atomic E-state index is 11.6. The smallest absolute Gasteiger partial charge is 0.247 e. The van der Waals surface area contributed by atoms with Gasteiger partial charge in [-0.05, 0) is 25.5 Å². The van der Waals surface area contributed by atoms with Gasteiger partial charge in [-0.2, -0.15) is 0 Å². The normalized spacial score (nSPS) is 10.6. The van der Waals surface area contributed by atoms with E-state index < -0.39 is 0 Å². The highest BCUT2D eigenvalue weighted by molar-refractivity contribution is 5.75. The van der Waals surface area contributed by atoms with E-state index in [0.29, 0.717) is 24.6 Å². The van der Waals surface area contributed by atoms with Crippen LogP contribution in [0.4, 0.5) is 0 Å². The minimum absolute atomic E-state index is 0.0264. The van der Waals surface area contributed by atoms with E-state index >= 15 is 0 Å². The Labute approximate surface area is 124 Å².